The summed E-state index contributed by atoms with van der Waals surface area (Å²) in [6, 6.07) is 8.16. The van der Waals surface area contributed by atoms with E-state index in [9.17, 15) is 18.5 Å². The van der Waals surface area contributed by atoms with Crippen molar-refractivity contribution >= 4 is 32.3 Å². The first kappa shape index (κ1) is 21.5. The fourth-order valence-corrected chi connectivity index (χ4v) is 6.44. The first-order valence-electron chi connectivity index (χ1n) is 9.78. The van der Waals surface area contributed by atoms with Gasteiger partial charge in [0.2, 0.25) is 10.0 Å². The van der Waals surface area contributed by atoms with Gasteiger partial charge in [-0.1, -0.05) is 20.8 Å². The van der Waals surface area contributed by atoms with Crippen LogP contribution in [0.3, 0.4) is 0 Å². The average Bonchev–Trinajstić information content (AvgIpc) is 3.04. The number of anilines is 1. The van der Waals surface area contributed by atoms with E-state index >= 15 is 0 Å². The number of fused-ring (bicyclic) bond motifs is 1. The highest BCUT2D eigenvalue weighted by molar-refractivity contribution is 7.89. The molecular formula is C21H25N3O3S2. The van der Waals surface area contributed by atoms with Gasteiger partial charge in [-0.15, -0.1) is 11.3 Å². The van der Waals surface area contributed by atoms with Crippen LogP contribution in [0.25, 0.3) is 0 Å². The fourth-order valence-electron chi connectivity index (χ4n) is 3.62. The summed E-state index contributed by atoms with van der Waals surface area (Å²) in [6.45, 7) is 6.55. The molecule has 0 spiro atoms. The van der Waals surface area contributed by atoms with Crippen LogP contribution in [0.1, 0.15) is 53.6 Å². The minimum atomic E-state index is -3.56. The zero-order valence-corrected chi connectivity index (χ0v) is 18.5. The molecule has 1 amide bonds. The van der Waals surface area contributed by atoms with E-state index in [1.54, 1.807) is 13.8 Å². The number of sulfonamides is 1. The van der Waals surface area contributed by atoms with Crippen LogP contribution in [-0.2, 0) is 22.9 Å². The molecule has 1 aliphatic rings. The second-order valence-electron chi connectivity index (χ2n) is 7.24. The number of thiophene rings is 1. The lowest BCUT2D eigenvalue weighted by Crippen LogP contribution is -2.30. The van der Waals surface area contributed by atoms with Crippen LogP contribution < -0.4 is 5.32 Å². The molecule has 1 N–H and O–H groups in total. The SMILES string of the molecule is CCN(CC)S(=O)(=O)c1ccc(C(=O)Nc2sc3c(c2C#N)CCC(C)C3)cc1. The second kappa shape index (κ2) is 8.66. The number of nitrogens with zero attached hydrogens (tertiary/aromatic N) is 2. The summed E-state index contributed by atoms with van der Waals surface area (Å²) >= 11 is 1.47. The molecule has 1 aromatic heterocycles. The summed E-state index contributed by atoms with van der Waals surface area (Å²) in [5.74, 6) is 0.233. The van der Waals surface area contributed by atoms with Gasteiger partial charge in [-0.3, -0.25) is 4.79 Å². The Bertz CT molecular complexity index is 1050. The van der Waals surface area contributed by atoms with Gasteiger partial charge in [-0.2, -0.15) is 9.57 Å². The molecule has 0 bridgehead atoms. The van der Waals surface area contributed by atoms with E-state index in [0.29, 0.717) is 35.1 Å². The maximum absolute atomic E-state index is 12.7. The predicted octanol–water partition coefficient (Wildman–Crippen LogP) is 4.03. The van der Waals surface area contributed by atoms with Crippen molar-refractivity contribution in [3.05, 3.63) is 45.8 Å². The number of carbonyl (C=O) groups excluding carboxylic acids is 1. The van der Waals surface area contributed by atoms with Crippen LogP contribution in [-0.4, -0.2) is 31.7 Å². The van der Waals surface area contributed by atoms with Crippen molar-refractivity contribution in [1.29, 1.82) is 5.26 Å². The lowest BCUT2D eigenvalue weighted by molar-refractivity contribution is 0.102. The van der Waals surface area contributed by atoms with Gasteiger partial charge < -0.3 is 5.32 Å². The number of amides is 1. The molecule has 1 unspecified atom stereocenters. The summed E-state index contributed by atoms with van der Waals surface area (Å²) in [7, 11) is -3.56. The number of nitrogens with one attached hydrogen (secondary N) is 1. The first-order chi connectivity index (χ1) is 13.8. The van der Waals surface area contributed by atoms with Crippen LogP contribution in [0, 0.1) is 17.2 Å². The first-order valence-corrected chi connectivity index (χ1v) is 12.0. The van der Waals surface area contributed by atoms with E-state index in [1.165, 1.54) is 44.8 Å². The topological polar surface area (TPSA) is 90.3 Å². The third kappa shape index (κ3) is 4.22. The summed E-state index contributed by atoms with van der Waals surface area (Å²) in [6.07, 6.45) is 2.85. The third-order valence-electron chi connectivity index (χ3n) is 5.31. The van der Waals surface area contributed by atoms with Gasteiger partial charge in [0.1, 0.15) is 11.1 Å². The Morgan fingerprint density at radius 3 is 2.52 bits per heavy atom. The second-order valence-corrected chi connectivity index (χ2v) is 10.3. The van der Waals surface area contributed by atoms with E-state index < -0.39 is 10.0 Å². The van der Waals surface area contributed by atoms with E-state index in [-0.39, 0.29) is 10.8 Å². The van der Waals surface area contributed by atoms with E-state index in [1.807, 2.05) is 0 Å². The van der Waals surface area contributed by atoms with Gasteiger partial charge >= 0.3 is 0 Å². The van der Waals surface area contributed by atoms with Crippen molar-refractivity contribution in [3.8, 4) is 6.07 Å². The molecule has 29 heavy (non-hydrogen) atoms. The fraction of sp³-hybridized carbons (Fsp3) is 0.429. The van der Waals surface area contributed by atoms with Crippen LogP contribution in [0.5, 0.6) is 0 Å². The van der Waals surface area contributed by atoms with Crippen molar-refractivity contribution in [2.24, 2.45) is 5.92 Å². The molecule has 0 saturated carbocycles. The van der Waals surface area contributed by atoms with Crippen molar-refractivity contribution < 1.29 is 13.2 Å². The zero-order valence-electron chi connectivity index (χ0n) is 16.9. The van der Waals surface area contributed by atoms with Gasteiger partial charge in [0, 0.05) is 23.5 Å². The summed E-state index contributed by atoms with van der Waals surface area (Å²) in [5, 5.41) is 13.0. The van der Waals surface area contributed by atoms with Gasteiger partial charge in [-0.05, 0) is 55.0 Å². The van der Waals surface area contributed by atoms with E-state index in [0.717, 1.165) is 24.8 Å². The molecule has 1 heterocycles. The predicted molar refractivity (Wildman–Crippen MR) is 115 cm³/mol. The molecule has 0 radical (unpaired) electrons. The Morgan fingerprint density at radius 2 is 1.93 bits per heavy atom. The Balaban J connectivity index is 1.82. The normalized spacial score (nSPS) is 16.3. The number of hydrogen-bond donors (Lipinski definition) is 1. The van der Waals surface area contributed by atoms with E-state index in [4.69, 9.17) is 0 Å². The number of hydrogen-bond acceptors (Lipinski definition) is 5. The average molecular weight is 432 g/mol. The number of carbonyl (C=O) groups is 1. The highest BCUT2D eigenvalue weighted by atomic mass is 32.2. The molecule has 154 valence electrons. The highest BCUT2D eigenvalue weighted by Crippen LogP contribution is 2.39. The van der Waals surface area contributed by atoms with Gasteiger partial charge in [-0.25, -0.2) is 8.42 Å². The Hall–Kier alpha value is -2.21. The van der Waals surface area contributed by atoms with Crippen LogP contribution in [0.15, 0.2) is 29.2 Å². The lowest BCUT2D eigenvalue weighted by Gasteiger charge is -2.18. The van der Waals surface area contributed by atoms with Crippen LogP contribution in [0.2, 0.25) is 0 Å². The Kier molecular flexibility index (Phi) is 6.42. The van der Waals surface area contributed by atoms with Gasteiger partial charge in [0.25, 0.3) is 5.91 Å². The minimum absolute atomic E-state index is 0.163. The van der Waals surface area contributed by atoms with Crippen molar-refractivity contribution in [3.63, 3.8) is 0 Å². The molecule has 6 nitrogen and oxygen atoms in total. The van der Waals surface area contributed by atoms with Crippen molar-refractivity contribution in [2.75, 3.05) is 18.4 Å². The van der Waals surface area contributed by atoms with Crippen molar-refractivity contribution in [1.82, 2.24) is 4.31 Å². The maximum Gasteiger partial charge on any atom is 0.256 e. The highest BCUT2D eigenvalue weighted by Gasteiger charge is 2.25. The molecule has 0 saturated heterocycles. The quantitative estimate of drug-likeness (QED) is 0.748. The molecular weight excluding hydrogens is 406 g/mol. The smallest absolute Gasteiger partial charge is 0.256 e. The Morgan fingerprint density at radius 1 is 1.28 bits per heavy atom. The third-order valence-corrected chi connectivity index (χ3v) is 8.54. The monoisotopic (exact) mass is 431 g/mol. The summed E-state index contributed by atoms with van der Waals surface area (Å²) in [5.41, 5.74) is 1.98. The van der Waals surface area contributed by atoms with Gasteiger partial charge in [0.05, 0.1) is 10.5 Å². The lowest BCUT2D eigenvalue weighted by atomic mass is 9.88. The molecule has 8 heteroatoms. The summed E-state index contributed by atoms with van der Waals surface area (Å²) < 4.78 is 26.5. The number of benzene rings is 1. The standard InChI is InChI=1S/C21H25N3O3S2/c1-4-24(5-2)29(26,27)16-9-7-15(8-10-16)20(25)23-21-18(13-22)17-11-6-14(3)12-19(17)28-21/h7-10,14H,4-6,11-12H2,1-3H3,(H,23,25). The molecule has 1 aromatic carbocycles. The zero-order chi connectivity index (χ0) is 21.2. The molecule has 0 aliphatic heterocycles. The molecule has 1 atom stereocenters. The Labute approximate surface area is 176 Å². The maximum atomic E-state index is 12.7. The molecule has 3 rings (SSSR count). The van der Waals surface area contributed by atoms with E-state index in [2.05, 4.69) is 18.3 Å². The molecule has 1 aliphatic carbocycles. The molecule has 0 fully saturated rings. The van der Waals surface area contributed by atoms with Crippen LogP contribution in [0.4, 0.5) is 5.00 Å². The largest absolute Gasteiger partial charge is 0.312 e. The summed E-state index contributed by atoms with van der Waals surface area (Å²) in [4.78, 5) is 14.0. The number of rotatable bonds is 6. The number of nitriles is 1. The van der Waals surface area contributed by atoms with Crippen LogP contribution >= 0.6 is 11.3 Å². The van der Waals surface area contributed by atoms with Crippen molar-refractivity contribution in [2.45, 2.75) is 44.9 Å². The molecule has 2 aromatic rings. The van der Waals surface area contributed by atoms with Gasteiger partial charge in [0.15, 0.2) is 0 Å². The minimum Gasteiger partial charge on any atom is -0.312 e.